The van der Waals surface area contributed by atoms with Crippen LogP contribution in [-0.2, 0) is 4.74 Å². The number of nitrogens with zero attached hydrogens (tertiary/aromatic N) is 2. The third-order valence-electron chi connectivity index (χ3n) is 5.66. The first-order chi connectivity index (χ1) is 13.3. The summed E-state index contributed by atoms with van der Waals surface area (Å²) in [5, 5.41) is 16.3. The molecule has 7 nitrogen and oxygen atoms in total. The molecule has 1 aromatic rings. The molecule has 2 unspecified atom stereocenters. The van der Waals surface area contributed by atoms with Crippen LogP contribution >= 0.6 is 24.0 Å². The lowest BCUT2D eigenvalue weighted by atomic mass is 9.84. The van der Waals surface area contributed by atoms with Gasteiger partial charge in [0.25, 0.3) is 0 Å². The molecule has 0 spiro atoms. The van der Waals surface area contributed by atoms with Gasteiger partial charge in [0.2, 0.25) is 0 Å². The molecule has 0 amide bonds. The molecule has 8 heteroatoms. The molecule has 0 aromatic carbocycles. The van der Waals surface area contributed by atoms with Gasteiger partial charge in [0.1, 0.15) is 5.76 Å². The Labute approximate surface area is 185 Å². The van der Waals surface area contributed by atoms with E-state index in [1.165, 1.54) is 12.8 Å². The number of aliphatic hydroxyl groups is 1. The molecule has 3 heterocycles. The first kappa shape index (κ1) is 23.4. The van der Waals surface area contributed by atoms with Gasteiger partial charge in [-0.15, -0.1) is 24.0 Å². The number of rotatable bonds is 9. The van der Waals surface area contributed by atoms with Crippen molar-refractivity contribution in [1.29, 1.82) is 0 Å². The number of halogens is 1. The highest BCUT2D eigenvalue weighted by atomic mass is 127. The van der Waals surface area contributed by atoms with Gasteiger partial charge in [0.15, 0.2) is 5.96 Å². The number of likely N-dealkylation sites (tertiary alicyclic amines) is 1. The van der Waals surface area contributed by atoms with E-state index in [1.807, 2.05) is 6.07 Å². The zero-order chi connectivity index (χ0) is 19.0. The van der Waals surface area contributed by atoms with Gasteiger partial charge < -0.3 is 24.9 Å². The normalized spacial score (nSPS) is 24.1. The van der Waals surface area contributed by atoms with Gasteiger partial charge in [0, 0.05) is 31.7 Å². The van der Waals surface area contributed by atoms with Crippen molar-refractivity contribution in [2.45, 2.75) is 38.6 Å². The molecule has 2 fully saturated rings. The predicted molar refractivity (Wildman–Crippen MR) is 121 cm³/mol. The van der Waals surface area contributed by atoms with E-state index in [0.717, 1.165) is 57.3 Å². The average molecular weight is 506 g/mol. The van der Waals surface area contributed by atoms with E-state index in [1.54, 1.807) is 6.26 Å². The maximum Gasteiger partial charge on any atom is 0.191 e. The maximum absolute atomic E-state index is 9.41. The van der Waals surface area contributed by atoms with Crippen LogP contribution in [0.5, 0.6) is 0 Å². The Kier molecular flexibility index (Phi) is 10.0. The molecule has 3 N–H and O–H groups in total. The fourth-order valence-corrected chi connectivity index (χ4v) is 4.01. The van der Waals surface area contributed by atoms with E-state index in [0.29, 0.717) is 13.2 Å². The quantitative estimate of drug-likeness (QED) is 0.271. The molecule has 0 radical (unpaired) electrons. The van der Waals surface area contributed by atoms with Gasteiger partial charge in [-0.2, -0.15) is 0 Å². The number of aliphatic imine (C=N–C) groups is 1. The second kappa shape index (κ2) is 12.0. The van der Waals surface area contributed by atoms with Crippen LogP contribution in [-0.4, -0.2) is 68.5 Å². The summed E-state index contributed by atoms with van der Waals surface area (Å²) in [7, 11) is 0. The van der Waals surface area contributed by atoms with Crippen molar-refractivity contribution in [2.24, 2.45) is 10.4 Å². The summed E-state index contributed by atoms with van der Waals surface area (Å²) in [6.07, 6.45) is 5.93. The molecule has 0 bridgehead atoms. The van der Waals surface area contributed by atoms with Gasteiger partial charge >= 0.3 is 0 Å². The first-order valence-corrected chi connectivity index (χ1v) is 10.2. The average Bonchev–Trinajstić information content (AvgIpc) is 3.43. The van der Waals surface area contributed by atoms with Crippen LogP contribution < -0.4 is 10.6 Å². The van der Waals surface area contributed by atoms with Crippen molar-refractivity contribution in [1.82, 2.24) is 15.5 Å². The zero-order valence-corrected chi connectivity index (χ0v) is 19.2. The first-order valence-electron chi connectivity index (χ1n) is 10.2. The molecule has 1 aromatic heterocycles. The van der Waals surface area contributed by atoms with Crippen molar-refractivity contribution in [3.63, 3.8) is 0 Å². The number of guanidine groups is 1. The van der Waals surface area contributed by atoms with Crippen molar-refractivity contribution in [3.8, 4) is 0 Å². The molecule has 3 rings (SSSR count). The van der Waals surface area contributed by atoms with Gasteiger partial charge in [-0.3, -0.25) is 9.89 Å². The summed E-state index contributed by atoms with van der Waals surface area (Å²) in [5.41, 5.74) is -0.0353. The Morgan fingerprint density at radius 2 is 2.18 bits per heavy atom. The summed E-state index contributed by atoms with van der Waals surface area (Å²) in [4.78, 5) is 7.30. The minimum absolute atomic E-state index is 0. The molecular formula is C20H35IN4O3. The van der Waals surface area contributed by atoms with Crippen LogP contribution in [0.3, 0.4) is 0 Å². The largest absolute Gasteiger partial charge is 0.468 e. The van der Waals surface area contributed by atoms with Gasteiger partial charge in [-0.1, -0.05) is 0 Å². The van der Waals surface area contributed by atoms with Crippen LogP contribution in [0.4, 0.5) is 0 Å². The van der Waals surface area contributed by atoms with E-state index in [9.17, 15) is 5.11 Å². The third-order valence-corrected chi connectivity index (χ3v) is 5.66. The van der Waals surface area contributed by atoms with Crippen LogP contribution in [0.1, 0.15) is 44.4 Å². The summed E-state index contributed by atoms with van der Waals surface area (Å²) in [6, 6.07) is 4.23. The number of hydrogen-bond donors (Lipinski definition) is 3. The van der Waals surface area contributed by atoms with Crippen molar-refractivity contribution < 1.29 is 14.3 Å². The second-order valence-corrected chi connectivity index (χ2v) is 7.63. The Morgan fingerprint density at radius 1 is 1.36 bits per heavy atom. The molecular weight excluding hydrogens is 471 g/mol. The highest BCUT2D eigenvalue weighted by Gasteiger charge is 2.34. The lowest BCUT2D eigenvalue weighted by molar-refractivity contribution is 0.131. The van der Waals surface area contributed by atoms with E-state index in [2.05, 4.69) is 28.5 Å². The van der Waals surface area contributed by atoms with Gasteiger partial charge in [0.05, 0.1) is 25.5 Å². The van der Waals surface area contributed by atoms with Gasteiger partial charge in [-0.25, -0.2) is 0 Å². The van der Waals surface area contributed by atoms with E-state index in [4.69, 9.17) is 14.1 Å². The van der Waals surface area contributed by atoms with Crippen LogP contribution in [0.15, 0.2) is 27.8 Å². The fourth-order valence-electron chi connectivity index (χ4n) is 4.01. The lowest BCUT2D eigenvalue weighted by Gasteiger charge is -2.28. The molecule has 160 valence electrons. The number of ether oxygens (including phenoxy) is 1. The van der Waals surface area contributed by atoms with Gasteiger partial charge in [-0.05, 0) is 57.8 Å². The number of hydrogen-bond acceptors (Lipinski definition) is 5. The fraction of sp³-hybridized carbons (Fsp3) is 0.750. The van der Waals surface area contributed by atoms with Crippen LogP contribution in [0.25, 0.3) is 0 Å². The molecule has 2 aliphatic heterocycles. The van der Waals surface area contributed by atoms with E-state index in [-0.39, 0.29) is 42.0 Å². The molecule has 0 aliphatic carbocycles. The molecule has 2 atom stereocenters. The smallest absolute Gasteiger partial charge is 0.191 e. The zero-order valence-electron chi connectivity index (χ0n) is 16.9. The maximum atomic E-state index is 9.41. The predicted octanol–water partition coefficient (Wildman–Crippen LogP) is 2.38. The Bertz CT molecular complexity index is 570. The topological polar surface area (TPSA) is 82.3 Å². The molecule has 2 saturated heterocycles. The van der Waals surface area contributed by atoms with Crippen molar-refractivity contribution in [2.75, 3.05) is 52.5 Å². The molecule has 28 heavy (non-hydrogen) atoms. The Balaban J connectivity index is 0.00000280. The lowest BCUT2D eigenvalue weighted by Crippen LogP contribution is -2.43. The minimum Gasteiger partial charge on any atom is -0.468 e. The second-order valence-electron chi connectivity index (χ2n) is 7.63. The highest BCUT2D eigenvalue weighted by Crippen LogP contribution is 2.32. The van der Waals surface area contributed by atoms with E-state index >= 15 is 0 Å². The summed E-state index contributed by atoms with van der Waals surface area (Å²) in [5.74, 6) is 1.82. The van der Waals surface area contributed by atoms with Crippen molar-refractivity contribution >= 4 is 29.9 Å². The summed E-state index contributed by atoms with van der Waals surface area (Å²) in [6.45, 7) is 8.14. The molecule has 2 aliphatic rings. The molecule has 0 saturated carbocycles. The van der Waals surface area contributed by atoms with Crippen LogP contribution in [0.2, 0.25) is 0 Å². The Hall–Kier alpha value is -0.840. The number of furan rings is 1. The van der Waals surface area contributed by atoms with E-state index < -0.39 is 0 Å². The third kappa shape index (κ3) is 6.33. The highest BCUT2D eigenvalue weighted by molar-refractivity contribution is 14.0. The minimum atomic E-state index is -0.0353. The standard InChI is InChI=1S/C20H34N4O3.HI/c1-2-21-19(23-15-20(7-11-25)8-13-26-16-20)22-14-17(18-6-5-12-27-18)24-9-3-4-10-24;/h5-6,12,17,25H,2-4,7-11,13-16H2,1H3,(H2,21,22,23);1H. The monoisotopic (exact) mass is 506 g/mol. The summed E-state index contributed by atoms with van der Waals surface area (Å²) >= 11 is 0. The SMILES string of the molecule is CCNC(=NCC1(CCO)CCOC1)NCC(c1ccco1)N1CCCC1.I. The van der Waals surface area contributed by atoms with Crippen molar-refractivity contribution in [3.05, 3.63) is 24.2 Å². The van der Waals surface area contributed by atoms with Crippen LogP contribution in [0, 0.1) is 5.41 Å². The Morgan fingerprint density at radius 3 is 2.79 bits per heavy atom. The number of nitrogens with one attached hydrogen (secondary N) is 2. The number of aliphatic hydroxyl groups excluding tert-OH is 1. The summed E-state index contributed by atoms with van der Waals surface area (Å²) < 4.78 is 11.3.